The van der Waals surface area contributed by atoms with Gasteiger partial charge in [-0.3, -0.25) is 4.79 Å². The van der Waals surface area contributed by atoms with E-state index in [0.29, 0.717) is 6.54 Å². The van der Waals surface area contributed by atoms with Gasteiger partial charge < -0.3 is 15.4 Å². The molecule has 4 nitrogen and oxygen atoms in total. The van der Waals surface area contributed by atoms with Gasteiger partial charge in [0.05, 0.1) is 18.6 Å². The molecule has 0 bridgehead atoms. The van der Waals surface area contributed by atoms with Crippen LogP contribution in [0, 0.1) is 5.82 Å². The van der Waals surface area contributed by atoms with E-state index in [-0.39, 0.29) is 42.7 Å². The second kappa shape index (κ2) is 8.89. The summed E-state index contributed by atoms with van der Waals surface area (Å²) >= 11 is 0. The molecule has 2 atom stereocenters. The minimum atomic E-state index is -0.285. The molecule has 0 aliphatic rings. The maximum Gasteiger partial charge on any atom is 0.225 e. The van der Waals surface area contributed by atoms with Crippen molar-refractivity contribution in [3.63, 3.8) is 0 Å². The Morgan fingerprint density at radius 1 is 1.40 bits per heavy atom. The number of methoxy groups -OCH3 is 1. The predicted octanol–water partition coefficient (Wildman–Crippen LogP) is 2.13. The molecule has 0 fully saturated rings. The van der Waals surface area contributed by atoms with E-state index in [2.05, 4.69) is 0 Å². The van der Waals surface area contributed by atoms with E-state index in [1.54, 1.807) is 24.1 Å². The number of hydrogen-bond donors (Lipinski definition) is 1. The maximum absolute atomic E-state index is 12.9. The summed E-state index contributed by atoms with van der Waals surface area (Å²) in [5.74, 6) is -0.332. The minimum Gasteiger partial charge on any atom is -0.380 e. The Kier molecular flexibility index (Phi) is 8.37. The molecule has 1 rings (SSSR count). The second-order valence-corrected chi connectivity index (χ2v) is 4.53. The summed E-state index contributed by atoms with van der Waals surface area (Å²) in [6, 6.07) is 6.02. The summed E-state index contributed by atoms with van der Waals surface area (Å²) in [7, 11) is 3.26. The summed E-state index contributed by atoms with van der Waals surface area (Å²) in [5, 5.41) is 0. The maximum atomic E-state index is 12.9. The highest BCUT2D eigenvalue weighted by Crippen LogP contribution is 2.20. The Labute approximate surface area is 125 Å². The van der Waals surface area contributed by atoms with Gasteiger partial charge in [-0.2, -0.15) is 0 Å². The smallest absolute Gasteiger partial charge is 0.225 e. The SMILES string of the molecule is COC(CN)CC(=O)N(C)C(C)c1ccc(F)cc1.Cl. The number of nitrogens with two attached hydrogens (primary N) is 1. The fourth-order valence-electron chi connectivity index (χ4n) is 1.78. The van der Waals surface area contributed by atoms with Crippen molar-refractivity contribution in [3.05, 3.63) is 35.6 Å². The van der Waals surface area contributed by atoms with E-state index in [1.807, 2.05) is 6.92 Å². The molecule has 0 spiro atoms. The number of carbonyl (C=O) groups excluding carboxylic acids is 1. The van der Waals surface area contributed by atoms with E-state index in [9.17, 15) is 9.18 Å². The first kappa shape index (κ1) is 18.8. The van der Waals surface area contributed by atoms with E-state index in [0.717, 1.165) is 5.56 Å². The van der Waals surface area contributed by atoms with Gasteiger partial charge in [-0.25, -0.2) is 4.39 Å². The Bertz CT molecular complexity index is 410. The van der Waals surface area contributed by atoms with Crippen molar-refractivity contribution in [1.29, 1.82) is 0 Å². The lowest BCUT2D eigenvalue weighted by Gasteiger charge is -2.26. The first-order valence-corrected chi connectivity index (χ1v) is 6.23. The van der Waals surface area contributed by atoms with Crippen LogP contribution in [0.1, 0.15) is 24.9 Å². The zero-order valence-electron chi connectivity index (χ0n) is 12.0. The highest BCUT2D eigenvalue weighted by molar-refractivity contribution is 5.85. The fraction of sp³-hybridized carbons (Fsp3) is 0.500. The van der Waals surface area contributed by atoms with Crippen molar-refractivity contribution < 1.29 is 13.9 Å². The van der Waals surface area contributed by atoms with Crippen LogP contribution in [-0.2, 0) is 9.53 Å². The molecule has 1 amide bonds. The van der Waals surface area contributed by atoms with Gasteiger partial charge in [0.25, 0.3) is 0 Å². The number of halogens is 2. The van der Waals surface area contributed by atoms with E-state index in [1.165, 1.54) is 19.2 Å². The molecule has 0 aliphatic carbocycles. The van der Waals surface area contributed by atoms with Gasteiger partial charge >= 0.3 is 0 Å². The third-order valence-corrected chi connectivity index (χ3v) is 3.33. The first-order valence-electron chi connectivity index (χ1n) is 6.23. The zero-order chi connectivity index (χ0) is 14.4. The van der Waals surface area contributed by atoms with Gasteiger partial charge in [-0.1, -0.05) is 12.1 Å². The van der Waals surface area contributed by atoms with Crippen molar-refractivity contribution in [2.75, 3.05) is 20.7 Å². The summed E-state index contributed by atoms with van der Waals surface area (Å²) in [6.45, 7) is 2.20. The molecular formula is C14H22ClFN2O2. The molecule has 0 saturated heterocycles. The molecule has 1 aromatic carbocycles. The number of benzene rings is 1. The number of hydrogen-bond acceptors (Lipinski definition) is 3. The first-order chi connectivity index (χ1) is 8.99. The average Bonchev–Trinajstić information content (AvgIpc) is 2.43. The summed E-state index contributed by atoms with van der Waals surface area (Å²) in [6.07, 6.45) is -0.0231. The topological polar surface area (TPSA) is 55.6 Å². The standard InChI is InChI=1S/C14H21FN2O2.ClH/c1-10(11-4-6-12(15)7-5-11)17(2)14(18)8-13(9-16)19-3;/h4-7,10,13H,8-9,16H2,1-3H3;1H. The van der Waals surface area contributed by atoms with Gasteiger partial charge in [-0.15, -0.1) is 12.4 Å². The van der Waals surface area contributed by atoms with Crippen LogP contribution in [0.4, 0.5) is 4.39 Å². The number of amides is 1. The molecule has 0 saturated carbocycles. The summed E-state index contributed by atoms with van der Waals surface area (Å²) < 4.78 is 18.0. The van der Waals surface area contributed by atoms with Crippen molar-refractivity contribution in [2.24, 2.45) is 5.73 Å². The Balaban J connectivity index is 0.00000361. The summed E-state index contributed by atoms with van der Waals surface area (Å²) in [5.41, 5.74) is 6.39. The van der Waals surface area contributed by atoms with Crippen LogP contribution in [0.25, 0.3) is 0 Å². The van der Waals surface area contributed by atoms with Crippen LogP contribution in [0.15, 0.2) is 24.3 Å². The number of rotatable bonds is 6. The van der Waals surface area contributed by atoms with Gasteiger partial charge in [0.2, 0.25) is 5.91 Å². The second-order valence-electron chi connectivity index (χ2n) is 4.53. The lowest BCUT2D eigenvalue weighted by Crippen LogP contribution is -2.35. The Morgan fingerprint density at radius 2 is 1.95 bits per heavy atom. The molecule has 0 aliphatic heterocycles. The van der Waals surface area contributed by atoms with Crippen LogP contribution in [0.3, 0.4) is 0 Å². The molecule has 0 aromatic heterocycles. The van der Waals surface area contributed by atoms with E-state index < -0.39 is 0 Å². The normalized spacial score (nSPS) is 13.2. The van der Waals surface area contributed by atoms with Crippen molar-refractivity contribution in [1.82, 2.24) is 4.90 Å². The largest absolute Gasteiger partial charge is 0.380 e. The lowest BCUT2D eigenvalue weighted by molar-refractivity contribution is -0.134. The van der Waals surface area contributed by atoms with Crippen LogP contribution in [-0.4, -0.2) is 37.6 Å². The third-order valence-electron chi connectivity index (χ3n) is 3.33. The quantitative estimate of drug-likeness (QED) is 0.876. The molecule has 2 unspecified atom stereocenters. The van der Waals surface area contributed by atoms with Gasteiger partial charge in [0, 0.05) is 20.7 Å². The Morgan fingerprint density at radius 3 is 2.40 bits per heavy atom. The van der Waals surface area contributed by atoms with Crippen LogP contribution in [0.2, 0.25) is 0 Å². The van der Waals surface area contributed by atoms with Gasteiger partial charge in [0.15, 0.2) is 0 Å². The number of ether oxygens (including phenoxy) is 1. The molecule has 0 heterocycles. The van der Waals surface area contributed by atoms with Crippen molar-refractivity contribution in [2.45, 2.75) is 25.5 Å². The van der Waals surface area contributed by atoms with Crippen molar-refractivity contribution >= 4 is 18.3 Å². The number of carbonyl (C=O) groups is 1. The molecule has 0 radical (unpaired) electrons. The molecule has 20 heavy (non-hydrogen) atoms. The molecule has 6 heteroatoms. The van der Waals surface area contributed by atoms with Crippen molar-refractivity contribution in [3.8, 4) is 0 Å². The monoisotopic (exact) mass is 304 g/mol. The van der Waals surface area contributed by atoms with Gasteiger partial charge in [-0.05, 0) is 24.6 Å². The molecule has 114 valence electrons. The highest BCUT2D eigenvalue weighted by atomic mass is 35.5. The molecular weight excluding hydrogens is 283 g/mol. The lowest BCUT2D eigenvalue weighted by atomic mass is 10.1. The van der Waals surface area contributed by atoms with Crippen LogP contribution < -0.4 is 5.73 Å². The van der Waals surface area contributed by atoms with Crippen LogP contribution in [0.5, 0.6) is 0 Å². The number of nitrogens with zero attached hydrogens (tertiary/aromatic N) is 1. The van der Waals surface area contributed by atoms with E-state index >= 15 is 0 Å². The minimum absolute atomic E-state index is 0. The van der Waals surface area contributed by atoms with E-state index in [4.69, 9.17) is 10.5 Å². The highest BCUT2D eigenvalue weighted by Gasteiger charge is 2.20. The molecule has 1 aromatic rings. The Hall–Kier alpha value is -1.17. The van der Waals surface area contributed by atoms with Crippen LogP contribution >= 0.6 is 12.4 Å². The molecule has 2 N–H and O–H groups in total. The predicted molar refractivity (Wildman–Crippen MR) is 79.3 cm³/mol. The third kappa shape index (κ3) is 5.07. The fourth-order valence-corrected chi connectivity index (χ4v) is 1.78. The zero-order valence-corrected chi connectivity index (χ0v) is 12.8. The summed E-state index contributed by atoms with van der Waals surface area (Å²) in [4.78, 5) is 13.7. The average molecular weight is 305 g/mol. The van der Waals surface area contributed by atoms with Gasteiger partial charge in [0.1, 0.15) is 5.82 Å².